The van der Waals surface area contributed by atoms with E-state index in [1.54, 1.807) is 0 Å². The van der Waals surface area contributed by atoms with Gasteiger partial charge in [0.05, 0.1) is 0 Å². The van der Waals surface area contributed by atoms with Crippen molar-refractivity contribution in [3.8, 4) is 22.3 Å². The molecule has 0 radical (unpaired) electrons. The van der Waals surface area contributed by atoms with Crippen LogP contribution in [0.4, 0.5) is 11.4 Å². The van der Waals surface area contributed by atoms with E-state index in [-0.39, 0.29) is 0 Å². The molecule has 0 atom stereocenters. The predicted molar refractivity (Wildman–Crippen MR) is 218 cm³/mol. The molecule has 10 rings (SSSR count). The molecule has 2 nitrogen and oxygen atoms in total. The van der Waals surface area contributed by atoms with Gasteiger partial charge in [0, 0.05) is 33.1 Å². The van der Waals surface area contributed by atoms with Gasteiger partial charge < -0.3 is 9.32 Å². The molecule has 0 fully saturated rings. The molecule has 0 bridgehead atoms. The fraction of sp³-hybridized carbons (Fsp3) is 0.0400. The molecule has 1 heterocycles. The van der Waals surface area contributed by atoms with Crippen molar-refractivity contribution < 1.29 is 4.42 Å². The summed E-state index contributed by atoms with van der Waals surface area (Å²) in [6.07, 6.45) is 1.84. The van der Waals surface area contributed by atoms with Crippen molar-refractivity contribution in [2.75, 3.05) is 4.90 Å². The number of benzene rings is 8. The zero-order valence-corrected chi connectivity index (χ0v) is 28.7. The number of hydrogen-bond acceptors (Lipinski definition) is 2. The Morgan fingerprint density at radius 3 is 1.75 bits per heavy atom. The Kier molecular flexibility index (Phi) is 7.32. The SMILES string of the molecule is c1ccc(-c2ccc(N(C3=c4ccccc4=C(c4ccc5c(-c6ccccc6)cc6oc7ccccc7c6c5c4)CC3)c3ccccc3)cc2)cc1. The van der Waals surface area contributed by atoms with Gasteiger partial charge in [-0.25, -0.2) is 0 Å². The summed E-state index contributed by atoms with van der Waals surface area (Å²) in [5, 5.41) is 7.36. The van der Waals surface area contributed by atoms with E-state index in [2.05, 4.69) is 193 Å². The lowest BCUT2D eigenvalue weighted by atomic mass is 9.88. The Labute approximate surface area is 302 Å². The molecule has 0 amide bonds. The van der Waals surface area contributed by atoms with Crippen molar-refractivity contribution in [2.45, 2.75) is 12.8 Å². The van der Waals surface area contributed by atoms with Crippen LogP contribution in [0.1, 0.15) is 18.4 Å². The van der Waals surface area contributed by atoms with Gasteiger partial charge in [-0.3, -0.25) is 0 Å². The second-order valence-corrected chi connectivity index (χ2v) is 13.6. The first kappa shape index (κ1) is 30.2. The molecule has 9 aromatic rings. The van der Waals surface area contributed by atoms with Gasteiger partial charge in [-0.1, -0.05) is 146 Å². The first-order chi connectivity index (χ1) is 25.8. The van der Waals surface area contributed by atoms with E-state index in [1.165, 1.54) is 65.7 Å². The van der Waals surface area contributed by atoms with Gasteiger partial charge in [-0.15, -0.1) is 0 Å². The van der Waals surface area contributed by atoms with Crippen LogP contribution < -0.4 is 15.3 Å². The van der Waals surface area contributed by atoms with Crippen LogP contribution in [0.5, 0.6) is 0 Å². The van der Waals surface area contributed by atoms with Crippen molar-refractivity contribution in [2.24, 2.45) is 0 Å². The molecule has 1 aliphatic rings. The van der Waals surface area contributed by atoms with Gasteiger partial charge in [0.1, 0.15) is 11.2 Å². The predicted octanol–water partition coefficient (Wildman–Crippen LogP) is 12.0. The number of rotatable bonds is 6. The Morgan fingerprint density at radius 1 is 0.385 bits per heavy atom. The van der Waals surface area contributed by atoms with Gasteiger partial charge >= 0.3 is 0 Å². The monoisotopic (exact) mass is 665 g/mol. The maximum absolute atomic E-state index is 6.51. The van der Waals surface area contributed by atoms with Crippen LogP contribution >= 0.6 is 0 Å². The molecular weight excluding hydrogens is 631 g/mol. The number of nitrogens with zero attached hydrogens (tertiary/aromatic N) is 1. The third-order valence-corrected chi connectivity index (χ3v) is 10.6. The highest BCUT2D eigenvalue weighted by Crippen LogP contribution is 2.42. The van der Waals surface area contributed by atoms with E-state index in [9.17, 15) is 0 Å². The van der Waals surface area contributed by atoms with Crippen LogP contribution in [-0.2, 0) is 0 Å². The number of furan rings is 1. The van der Waals surface area contributed by atoms with Gasteiger partial charge in [-0.05, 0) is 105 Å². The summed E-state index contributed by atoms with van der Waals surface area (Å²) in [4.78, 5) is 2.46. The van der Waals surface area contributed by atoms with E-state index < -0.39 is 0 Å². The maximum Gasteiger partial charge on any atom is 0.136 e. The summed E-state index contributed by atoms with van der Waals surface area (Å²) < 4.78 is 6.51. The minimum atomic E-state index is 0.911. The standard InChI is InChI=1S/C50H35NO/c1-4-14-34(15-5-1)35-24-27-39(28-25-35)51(38-18-8-3-9-19-38)47-31-30-40(41-20-10-11-21-43(41)47)37-26-29-42-45(36-16-6-2-7-17-36)33-49-50(46(42)32-37)44-22-12-13-23-48(44)52-49/h1-29,32-33H,30-31H2. The minimum absolute atomic E-state index is 0.911. The van der Waals surface area contributed by atoms with Crippen molar-refractivity contribution in [3.63, 3.8) is 0 Å². The maximum atomic E-state index is 6.51. The molecule has 0 spiro atoms. The molecule has 0 unspecified atom stereocenters. The molecule has 52 heavy (non-hydrogen) atoms. The molecule has 0 N–H and O–H groups in total. The molecule has 0 saturated heterocycles. The fourth-order valence-electron chi connectivity index (χ4n) is 8.20. The average Bonchev–Trinajstić information content (AvgIpc) is 3.61. The lowest BCUT2D eigenvalue weighted by Crippen LogP contribution is -2.37. The zero-order chi connectivity index (χ0) is 34.4. The van der Waals surface area contributed by atoms with Crippen LogP contribution in [0, 0.1) is 0 Å². The summed E-state index contributed by atoms with van der Waals surface area (Å²) in [5.74, 6) is 0. The molecular formula is C50H35NO. The number of para-hydroxylation sites is 2. The highest BCUT2D eigenvalue weighted by Gasteiger charge is 2.22. The highest BCUT2D eigenvalue weighted by molar-refractivity contribution is 6.22. The van der Waals surface area contributed by atoms with Gasteiger partial charge in [0.15, 0.2) is 0 Å². The van der Waals surface area contributed by atoms with Crippen molar-refractivity contribution in [3.05, 3.63) is 204 Å². The highest BCUT2D eigenvalue weighted by atomic mass is 16.3. The smallest absolute Gasteiger partial charge is 0.136 e. The summed E-state index contributed by atoms with van der Waals surface area (Å²) in [6.45, 7) is 0. The molecule has 0 aliphatic heterocycles. The Hall–Kier alpha value is -6.64. The van der Waals surface area contributed by atoms with Crippen LogP contribution in [-0.4, -0.2) is 0 Å². The number of hydrogen-bond donors (Lipinski definition) is 0. The Bertz CT molecular complexity index is 2870. The topological polar surface area (TPSA) is 16.4 Å². The summed E-state index contributed by atoms with van der Waals surface area (Å²) in [6, 6.07) is 67.7. The van der Waals surface area contributed by atoms with E-state index >= 15 is 0 Å². The van der Waals surface area contributed by atoms with Crippen LogP contribution in [0.3, 0.4) is 0 Å². The van der Waals surface area contributed by atoms with E-state index in [4.69, 9.17) is 4.42 Å². The molecule has 1 aromatic heterocycles. The Morgan fingerprint density at radius 2 is 0.981 bits per heavy atom. The minimum Gasteiger partial charge on any atom is -0.456 e. The second-order valence-electron chi connectivity index (χ2n) is 13.6. The van der Waals surface area contributed by atoms with Gasteiger partial charge in [-0.2, -0.15) is 0 Å². The van der Waals surface area contributed by atoms with E-state index in [0.717, 1.165) is 40.8 Å². The molecule has 2 heteroatoms. The van der Waals surface area contributed by atoms with Crippen LogP contribution in [0.25, 0.3) is 66.2 Å². The van der Waals surface area contributed by atoms with Crippen molar-refractivity contribution in [1.82, 2.24) is 0 Å². The third kappa shape index (κ3) is 5.11. The average molecular weight is 666 g/mol. The van der Waals surface area contributed by atoms with E-state index in [1.807, 2.05) is 0 Å². The summed E-state index contributed by atoms with van der Waals surface area (Å²) in [7, 11) is 0. The lowest BCUT2D eigenvalue weighted by Gasteiger charge is -2.31. The normalized spacial score (nSPS) is 12.8. The first-order valence-electron chi connectivity index (χ1n) is 18.1. The number of anilines is 2. The van der Waals surface area contributed by atoms with Crippen molar-refractivity contribution in [1.29, 1.82) is 0 Å². The summed E-state index contributed by atoms with van der Waals surface area (Å²) in [5.41, 5.74) is 12.9. The second kappa shape index (κ2) is 12.6. The van der Waals surface area contributed by atoms with Crippen molar-refractivity contribution >= 4 is 55.4 Å². The molecule has 246 valence electrons. The van der Waals surface area contributed by atoms with Crippen LogP contribution in [0.15, 0.2) is 192 Å². The van der Waals surface area contributed by atoms with Gasteiger partial charge in [0.25, 0.3) is 0 Å². The molecule has 1 aliphatic carbocycles. The van der Waals surface area contributed by atoms with E-state index in [0.29, 0.717) is 0 Å². The summed E-state index contributed by atoms with van der Waals surface area (Å²) >= 11 is 0. The largest absolute Gasteiger partial charge is 0.456 e. The number of fused-ring (bicyclic) bond motifs is 6. The third-order valence-electron chi connectivity index (χ3n) is 10.6. The zero-order valence-electron chi connectivity index (χ0n) is 28.7. The fourth-order valence-corrected chi connectivity index (χ4v) is 8.20. The molecule has 8 aromatic carbocycles. The van der Waals surface area contributed by atoms with Gasteiger partial charge in [0.2, 0.25) is 0 Å². The Balaban J connectivity index is 1.19. The first-order valence-corrected chi connectivity index (χ1v) is 18.1. The van der Waals surface area contributed by atoms with Crippen LogP contribution in [0.2, 0.25) is 0 Å². The molecule has 0 saturated carbocycles. The lowest BCUT2D eigenvalue weighted by molar-refractivity contribution is 0.669. The quantitative estimate of drug-likeness (QED) is 0.176.